The van der Waals surface area contributed by atoms with Crippen molar-refractivity contribution in [3.8, 4) is 0 Å². The van der Waals surface area contributed by atoms with Crippen molar-refractivity contribution in [2.75, 3.05) is 13.1 Å². The molecule has 5 heteroatoms. The van der Waals surface area contributed by atoms with Gasteiger partial charge in [0.2, 0.25) is 5.91 Å². The van der Waals surface area contributed by atoms with Crippen molar-refractivity contribution in [1.82, 2.24) is 10.2 Å². The minimum Gasteiger partial charge on any atom is -0.352 e. The molecule has 0 spiro atoms. The Bertz CT molecular complexity index is 265. The van der Waals surface area contributed by atoms with Crippen molar-refractivity contribution in [2.45, 2.75) is 25.3 Å². The Morgan fingerprint density at radius 3 is 2.87 bits per heavy atom. The van der Waals surface area contributed by atoms with Crippen molar-refractivity contribution in [1.29, 1.82) is 0 Å². The number of nitrogens with zero attached hydrogens (tertiary/aromatic N) is 1. The Morgan fingerprint density at radius 2 is 2.27 bits per heavy atom. The maximum absolute atomic E-state index is 11.5. The number of likely N-dealkylation sites (tertiary alicyclic amines) is 1. The number of amides is 3. The van der Waals surface area contributed by atoms with E-state index in [2.05, 4.69) is 11.9 Å². The summed E-state index contributed by atoms with van der Waals surface area (Å²) in [5, 5.41) is 2.53. The molecule has 1 atom stereocenters. The number of rotatable bonds is 3. The minimum absolute atomic E-state index is 0.0525. The lowest BCUT2D eigenvalue weighted by Crippen LogP contribution is -2.49. The molecule has 0 saturated carbocycles. The van der Waals surface area contributed by atoms with E-state index in [9.17, 15) is 9.59 Å². The number of nitrogens with two attached hydrogens (primary N) is 1. The van der Waals surface area contributed by atoms with Crippen LogP contribution in [-0.2, 0) is 4.79 Å². The molecule has 0 bridgehead atoms. The van der Waals surface area contributed by atoms with Gasteiger partial charge in [-0.25, -0.2) is 4.79 Å². The molecule has 0 aromatic carbocycles. The fourth-order valence-electron chi connectivity index (χ4n) is 1.84. The van der Waals surface area contributed by atoms with E-state index in [0.717, 1.165) is 25.8 Å². The highest BCUT2D eigenvalue weighted by molar-refractivity contribution is 5.87. The maximum atomic E-state index is 11.5. The highest BCUT2D eigenvalue weighted by Gasteiger charge is 2.24. The van der Waals surface area contributed by atoms with Crippen LogP contribution in [0.15, 0.2) is 12.7 Å². The Labute approximate surface area is 89.3 Å². The first-order valence-electron chi connectivity index (χ1n) is 5.11. The molecule has 1 heterocycles. The molecule has 1 aliphatic rings. The highest BCUT2D eigenvalue weighted by Crippen LogP contribution is 2.16. The third-order valence-electron chi connectivity index (χ3n) is 2.60. The number of urea groups is 1. The van der Waals surface area contributed by atoms with Gasteiger partial charge in [0.15, 0.2) is 0 Å². The SMILES string of the molecule is C=CC(=O)N1CCCC[C@H]1CNC(N)=O. The zero-order chi connectivity index (χ0) is 11.3. The second kappa shape index (κ2) is 5.38. The smallest absolute Gasteiger partial charge is 0.312 e. The summed E-state index contributed by atoms with van der Waals surface area (Å²) in [6, 6.07) is -0.497. The third kappa shape index (κ3) is 3.27. The van der Waals surface area contributed by atoms with Crippen LogP contribution in [0.1, 0.15) is 19.3 Å². The first kappa shape index (κ1) is 11.6. The molecule has 1 saturated heterocycles. The maximum Gasteiger partial charge on any atom is 0.312 e. The van der Waals surface area contributed by atoms with E-state index in [1.807, 2.05) is 0 Å². The molecule has 0 aromatic heterocycles. The summed E-state index contributed by atoms with van der Waals surface area (Å²) in [5.74, 6) is -0.0778. The van der Waals surface area contributed by atoms with Gasteiger partial charge in [-0.15, -0.1) is 0 Å². The molecule has 1 rings (SSSR count). The number of carbonyl (C=O) groups excluding carboxylic acids is 2. The summed E-state index contributed by atoms with van der Waals surface area (Å²) in [4.78, 5) is 23.8. The van der Waals surface area contributed by atoms with Crippen molar-refractivity contribution in [3.63, 3.8) is 0 Å². The molecule has 1 aliphatic heterocycles. The molecule has 0 unspecified atom stereocenters. The lowest BCUT2D eigenvalue weighted by Gasteiger charge is -2.35. The quantitative estimate of drug-likeness (QED) is 0.655. The van der Waals surface area contributed by atoms with Gasteiger partial charge in [0.1, 0.15) is 0 Å². The zero-order valence-electron chi connectivity index (χ0n) is 8.74. The van der Waals surface area contributed by atoms with Gasteiger partial charge in [-0.3, -0.25) is 4.79 Å². The number of hydrogen-bond donors (Lipinski definition) is 2. The summed E-state index contributed by atoms with van der Waals surface area (Å²) in [6.07, 6.45) is 4.29. The van der Waals surface area contributed by atoms with Crippen LogP contribution in [0.5, 0.6) is 0 Å². The topological polar surface area (TPSA) is 75.4 Å². The van der Waals surface area contributed by atoms with Crippen LogP contribution in [0.2, 0.25) is 0 Å². The Hall–Kier alpha value is -1.52. The second-order valence-corrected chi connectivity index (χ2v) is 3.63. The van der Waals surface area contributed by atoms with Crippen LogP contribution in [0.25, 0.3) is 0 Å². The van der Waals surface area contributed by atoms with Gasteiger partial charge >= 0.3 is 6.03 Å². The van der Waals surface area contributed by atoms with Gasteiger partial charge < -0.3 is 16.0 Å². The van der Waals surface area contributed by atoms with Crippen molar-refractivity contribution >= 4 is 11.9 Å². The van der Waals surface area contributed by atoms with Crippen LogP contribution in [-0.4, -0.2) is 36.0 Å². The third-order valence-corrected chi connectivity index (χ3v) is 2.60. The molecule has 5 nitrogen and oxygen atoms in total. The molecule has 15 heavy (non-hydrogen) atoms. The summed E-state index contributed by atoms with van der Waals surface area (Å²) < 4.78 is 0. The molecule has 3 N–H and O–H groups in total. The molecular formula is C10H17N3O2. The minimum atomic E-state index is -0.549. The molecule has 84 valence electrons. The molecule has 0 aliphatic carbocycles. The number of piperidine rings is 1. The summed E-state index contributed by atoms with van der Waals surface area (Å²) in [7, 11) is 0. The van der Waals surface area contributed by atoms with E-state index < -0.39 is 6.03 Å². The predicted molar refractivity (Wildman–Crippen MR) is 57.1 cm³/mol. The van der Waals surface area contributed by atoms with Gasteiger partial charge in [-0.2, -0.15) is 0 Å². The van der Waals surface area contributed by atoms with Gasteiger partial charge in [0.05, 0.1) is 0 Å². The zero-order valence-corrected chi connectivity index (χ0v) is 8.74. The van der Waals surface area contributed by atoms with E-state index in [4.69, 9.17) is 5.73 Å². The van der Waals surface area contributed by atoms with Crippen LogP contribution in [0.4, 0.5) is 4.79 Å². The van der Waals surface area contributed by atoms with Gasteiger partial charge in [-0.1, -0.05) is 6.58 Å². The normalized spacial score (nSPS) is 20.8. The number of nitrogens with one attached hydrogen (secondary N) is 1. The molecule has 1 fully saturated rings. The Balaban J connectivity index is 2.53. The molecule has 0 radical (unpaired) electrons. The lowest BCUT2D eigenvalue weighted by atomic mass is 10.0. The van der Waals surface area contributed by atoms with Crippen molar-refractivity contribution in [3.05, 3.63) is 12.7 Å². The summed E-state index contributed by atoms with van der Waals surface area (Å²) in [6.45, 7) is 4.62. The fraction of sp³-hybridized carbons (Fsp3) is 0.600. The number of carbonyl (C=O) groups is 2. The molecule has 3 amide bonds. The fourth-order valence-corrected chi connectivity index (χ4v) is 1.84. The first-order chi connectivity index (χ1) is 7.15. The average molecular weight is 211 g/mol. The van der Waals surface area contributed by atoms with Crippen LogP contribution in [0.3, 0.4) is 0 Å². The van der Waals surface area contributed by atoms with E-state index in [1.54, 1.807) is 4.90 Å². The Kier molecular flexibility index (Phi) is 4.15. The lowest BCUT2D eigenvalue weighted by molar-refractivity contribution is -0.129. The predicted octanol–water partition coefficient (Wildman–Crippen LogP) is 0.222. The van der Waals surface area contributed by atoms with Crippen LogP contribution in [0, 0.1) is 0 Å². The van der Waals surface area contributed by atoms with Gasteiger partial charge in [-0.05, 0) is 25.3 Å². The largest absolute Gasteiger partial charge is 0.352 e. The van der Waals surface area contributed by atoms with E-state index in [1.165, 1.54) is 6.08 Å². The summed E-state index contributed by atoms with van der Waals surface area (Å²) in [5.41, 5.74) is 4.99. The number of hydrogen-bond acceptors (Lipinski definition) is 2. The van der Waals surface area contributed by atoms with Gasteiger partial charge in [0, 0.05) is 19.1 Å². The van der Waals surface area contributed by atoms with E-state index >= 15 is 0 Å². The molecule has 0 aromatic rings. The van der Waals surface area contributed by atoms with Gasteiger partial charge in [0.25, 0.3) is 0 Å². The van der Waals surface area contributed by atoms with Crippen LogP contribution >= 0.6 is 0 Å². The van der Waals surface area contributed by atoms with Crippen molar-refractivity contribution < 1.29 is 9.59 Å². The monoisotopic (exact) mass is 211 g/mol. The number of primary amides is 1. The molecular weight excluding hydrogens is 194 g/mol. The summed E-state index contributed by atoms with van der Waals surface area (Å²) >= 11 is 0. The second-order valence-electron chi connectivity index (χ2n) is 3.63. The Morgan fingerprint density at radius 1 is 1.53 bits per heavy atom. The average Bonchev–Trinajstić information content (AvgIpc) is 2.25. The first-order valence-corrected chi connectivity index (χ1v) is 5.11. The van der Waals surface area contributed by atoms with E-state index in [0.29, 0.717) is 6.54 Å². The van der Waals surface area contributed by atoms with Crippen LogP contribution < -0.4 is 11.1 Å². The highest BCUT2D eigenvalue weighted by atomic mass is 16.2. The standard InChI is InChI=1S/C10H17N3O2/c1-2-9(14)13-6-4-3-5-8(13)7-12-10(11)15/h2,8H,1,3-7H2,(H3,11,12,15)/t8-/m0/s1. The van der Waals surface area contributed by atoms with E-state index in [-0.39, 0.29) is 11.9 Å². The van der Waals surface area contributed by atoms with Crippen molar-refractivity contribution in [2.24, 2.45) is 5.73 Å².